The van der Waals surface area contributed by atoms with Crippen molar-refractivity contribution in [3.8, 4) is 17.2 Å². The molecule has 3 rings (SSSR count). The molecule has 0 fully saturated rings. The SMILES string of the molecule is Cc1ccc(-c2c(F)cc(NC(=O)c3cc(C#N)ccc3SC(F)(F)F)cc2F)cn1. The first-order valence-electron chi connectivity index (χ1n) is 8.60. The van der Waals surface area contributed by atoms with Gasteiger partial charge in [0.05, 0.1) is 22.8 Å². The largest absolute Gasteiger partial charge is 0.446 e. The Morgan fingerprint density at radius 2 is 1.77 bits per heavy atom. The summed E-state index contributed by atoms with van der Waals surface area (Å²) < 4.78 is 67.5. The normalized spacial score (nSPS) is 11.1. The molecule has 1 aromatic heterocycles. The molecule has 0 spiro atoms. The summed E-state index contributed by atoms with van der Waals surface area (Å²) in [5.74, 6) is -3.03. The summed E-state index contributed by atoms with van der Waals surface area (Å²) in [4.78, 5) is 16.1. The van der Waals surface area contributed by atoms with E-state index in [0.29, 0.717) is 5.69 Å². The molecule has 1 amide bonds. The van der Waals surface area contributed by atoms with Gasteiger partial charge in [-0.15, -0.1) is 0 Å². The van der Waals surface area contributed by atoms with Gasteiger partial charge in [-0.1, -0.05) is 6.07 Å². The van der Waals surface area contributed by atoms with Gasteiger partial charge in [0.1, 0.15) is 11.6 Å². The predicted octanol–water partition coefficient (Wildman–Crippen LogP) is 6.07. The number of halogens is 5. The fourth-order valence-electron chi connectivity index (χ4n) is 2.73. The summed E-state index contributed by atoms with van der Waals surface area (Å²) in [5, 5.41) is 11.2. The van der Waals surface area contributed by atoms with Crippen LogP contribution in [0.1, 0.15) is 21.6 Å². The molecule has 0 aliphatic carbocycles. The third kappa shape index (κ3) is 5.38. The van der Waals surface area contributed by atoms with E-state index in [-0.39, 0.29) is 22.4 Å². The Labute approximate surface area is 177 Å². The quantitative estimate of drug-likeness (QED) is 0.388. The maximum absolute atomic E-state index is 14.6. The Bertz CT molecular complexity index is 1160. The second-order valence-electron chi connectivity index (χ2n) is 6.33. The lowest BCUT2D eigenvalue weighted by atomic mass is 10.0. The van der Waals surface area contributed by atoms with E-state index < -0.39 is 45.3 Å². The van der Waals surface area contributed by atoms with Gasteiger partial charge >= 0.3 is 5.51 Å². The molecule has 0 saturated carbocycles. The average Bonchev–Trinajstić information content (AvgIpc) is 2.68. The van der Waals surface area contributed by atoms with Gasteiger partial charge in [-0.25, -0.2) is 8.78 Å². The first kappa shape index (κ1) is 22.2. The van der Waals surface area contributed by atoms with Gasteiger partial charge in [0, 0.05) is 28.0 Å². The van der Waals surface area contributed by atoms with Crippen LogP contribution in [0.25, 0.3) is 11.1 Å². The van der Waals surface area contributed by atoms with E-state index in [2.05, 4.69) is 10.3 Å². The summed E-state index contributed by atoms with van der Waals surface area (Å²) in [6.45, 7) is 1.71. The lowest BCUT2D eigenvalue weighted by molar-refractivity contribution is -0.0328. The Kier molecular flexibility index (Phi) is 6.27. The molecule has 1 N–H and O–H groups in total. The van der Waals surface area contributed by atoms with Crippen LogP contribution in [0.4, 0.5) is 27.6 Å². The minimum atomic E-state index is -4.68. The van der Waals surface area contributed by atoms with Gasteiger partial charge in [0.2, 0.25) is 0 Å². The number of aryl methyl sites for hydroxylation is 1. The van der Waals surface area contributed by atoms with Gasteiger partial charge < -0.3 is 5.32 Å². The van der Waals surface area contributed by atoms with Crippen molar-refractivity contribution in [2.24, 2.45) is 0 Å². The molecule has 31 heavy (non-hydrogen) atoms. The molecule has 4 nitrogen and oxygen atoms in total. The first-order chi connectivity index (χ1) is 14.6. The fourth-order valence-corrected chi connectivity index (χ4v) is 3.37. The van der Waals surface area contributed by atoms with E-state index in [1.165, 1.54) is 12.3 Å². The number of carbonyl (C=O) groups excluding carboxylic acids is 1. The van der Waals surface area contributed by atoms with Gasteiger partial charge in [0.25, 0.3) is 5.91 Å². The minimum Gasteiger partial charge on any atom is -0.322 e. The van der Waals surface area contributed by atoms with Crippen LogP contribution < -0.4 is 5.32 Å². The Balaban J connectivity index is 1.94. The van der Waals surface area contributed by atoms with Crippen molar-refractivity contribution in [2.75, 3.05) is 5.32 Å². The predicted molar refractivity (Wildman–Crippen MR) is 105 cm³/mol. The number of anilines is 1. The van der Waals surface area contributed by atoms with Crippen LogP contribution in [0.15, 0.2) is 53.6 Å². The van der Waals surface area contributed by atoms with Crippen LogP contribution in [0.5, 0.6) is 0 Å². The highest BCUT2D eigenvalue weighted by Gasteiger charge is 2.31. The second-order valence-corrected chi connectivity index (χ2v) is 7.43. The van der Waals surface area contributed by atoms with Crippen LogP contribution in [-0.4, -0.2) is 16.4 Å². The Hall–Kier alpha value is -3.45. The number of carbonyl (C=O) groups is 1. The second kappa shape index (κ2) is 8.73. The highest BCUT2D eigenvalue weighted by molar-refractivity contribution is 8.00. The number of benzene rings is 2. The molecule has 0 radical (unpaired) electrons. The number of thioether (sulfide) groups is 1. The molecule has 0 atom stereocenters. The third-order valence-electron chi connectivity index (χ3n) is 4.08. The average molecular weight is 449 g/mol. The zero-order chi connectivity index (χ0) is 22.8. The van der Waals surface area contributed by atoms with Crippen LogP contribution in [0, 0.1) is 29.9 Å². The van der Waals surface area contributed by atoms with Crippen LogP contribution in [-0.2, 0) is 0 Å². The van der Waals surface area contributed by atoms with Crippen molar-refractivity contribution in [3.05, 3.63) is 77.1 Å². The topological polar surface area (TPSA) is 65.8 Å². The van der Waals surface area contributed by atoms with E-state index >= 15 is 0 Å². The van der Waals surface area contributed by atoms with Crippen molar-refractivity contribution in [1.29, 1.82) is 5.26 Å². The number of nitriles is 1. The molecular weight excluding hydrogens is 437 g/mol. The van der Waals surface area contributed by atoms with Crippen LogP contribution in [0.2, 0.25) is 0 Å². The van der Waals surface area contributed by atoms with Crippen LogP contribution >= 0.6 is 11.8 Å². The van der Waals surface area contributed by atoms with Crippen LogP contribution in [0.3, 0.4) is 0 Å². The van der Waals surface area contributed by atoms with Crippen molar-refractivity contribution in [3.63, 3.8) is 0 Å². The summed E-state index contributed by atoms with van der Waals surface area (Å²) in [6.07, 6.45) is 1.29. The lowest BCUT2D eigenvalue weighted by Gasteiger charge is -2.13. The summed E-state index contributed by atoms with van der Waals surface area (Å²) in [5.41, 5.74) is -4.99. The molecule has 0 saturated heterocycles. The number of hydrogen-bond donors (Lipinski definition) is 1. The molecule has 0 aliphatic rings. The number of amides is 1. The molecule has 10 heteroatoms. The monoisotopic (exact) mass is 449 g/mol. The number of aromatic nitrogens is 1. The zero-order valence-electron chi connectivity index (χ0n) is 15.7. The Morgan fingerprint density at radius 1 is 1.10 bits per heavy atom. The van der Waals surface area contributed by atoms with E-state index in [1.54, 1.807) is 19.1 Å². The number of pyridine rings is 1. The standard InChI is InChI=1S/C21H12F5N3OS/c1-11-2-4-13(10-28-11)19-16(22)7-14(8-17(19)23)29-20(30)15-6-12(9-27)3-5-18(15)31-21(24,25)26/h2-8,10H,1H3,(H,29,30). The summed E-state index contributed by atoms with van der Waals surface area (Å²) in [7, 11) is 0. The molecule has 2 aromatic carbocycles. The molecule has 3 aromatic rings. The van der Waals surface area contributed by atoms with Crippen molar-refractivity contribution in [2.45, 2.75) is 17.3 Å². The smallest absolute Gasteiger partial charge is 0.322 e. The third-order valence-corrected chi connectivity index (χ3v) is 4.89. The lowest BCUT2D eigenvalue weighted by Crippen LogP contribution is -2.15. The van der Waals surface area contributed by atoms with E-state index in [0.717, 1.165) is 30.3 Å². The van der Waals surface area contributed by atoms with E-state index in [9.17, 15) is 26.7 Å². The molecule has 1 heterocycles. The molecule has 0 bridgehead atoms. The number of rotatable bonds is 4. The maximum atomic E-state index is 14.6. The van der Waals surface area contributed by atoms with Gasteiger partial charge in [-0.05, 0) is 55.1 Å². The van der Waals surface area contributed by atoms with Gasteiger partial charge in [-0.3, -0.25) is 9.78 Å². The van der Waals surface area contributed by atoms with E-state index in [4.69, 9.17) is 5.26 Å². The molecule has 0 aliphatic heterocycles. The fraction of sp³-hybridized carbons (Fsp3) is 0.0952. The summed E-state index contributed by atoms with van der Waals surface area (Å²) in [6, 6.07) is 9.58. The number of nitrogens with one attached hydrogen (secondary N) is 1. The summed E-state index contributed by atoms with van der Waals surface area (Å²) >= 11 is -0.533. The highest BCUT2D eigenvalue weighted by Crippen LogP contribution is 2.39. The van der Waals surface area contributed by atoms with Crippen molar-refractivity contribution >= 4 is 23.4 Å². The number of nitrogens with zero attached hydrogens (tertiary/aromatic N) is 2. The van der Waals surface area contributed by atoms with Gasteiger partial charge in [-0.2, -0.15) is 18.4 Å². The molecular formula is C21H12F5N3OS. The Morgan fingerprint density at radius 3 is 2.32 bits per heavy atom. The molecule has 0 unspecified atom stereocenters. The highest BCUT2D eigenvalue weighted by atomic mass is 32.2. The zero-order valence-corrected chi connectivity index (χ0v) is 16.5. The molecule has 158 valence electrons. The minimum absolute atomic E-state index is 0.0451. The maximum Gasteiger partial charge on any atom is 0.446 e. The van der Waals surface area contributed by atoms with Gasteiger partial charge in [0.15, 0.2) is 0 Å². The number of alkyl halides is 3. The number of hydrogen-bond acceptors (Lipinski definition) is 4. The van der Waals surface area contributed by atoms with E-state index in [1.807, 2.05) is 0 Å². The van der Waals surface area contributed by atoms with Crippen molar-refractivity contribution < 1.29 is 26.7 Å². The van der Waals surface area contributed by atoms with Crippen molar-refractivity contribution in [1.82, 2.24) is 4.98 Å². The first-order valence-corrected chi connectivity index (χ1v) is 9.42.